The van der Waals surface area contributed by atoms with E-state index in [-0.39, 0.29) is 10.9 Å². The summed E-state index contributed by atoms with van der Waals surface area (Å²) in [6.45, 7) is 1.46. The number of benzene rings is 1. The van der Waals surface area contributed by atoms with Crippen molar-refractivity contribution in [2.75, 3.05) is 24.8 Å². The maximum Gasteiger partial charge on any atom is 0.229 e. The van der Waals surface area contributed by atoms with Gasteiger partial charge in [-0.1, -0.05) is 0 Å². The molecule has 2 aromatic heterocycles. The molecule has 0 spiro atoms. The molecule has 3 aromatic rings. The minimum atomic E-state index is -3.21. The molecule has 0 aliphatic carbocycles. The van der Waals surface area contributed by atoms with Gasteiger partial charge in [0.05, 0.1) is 22.5 Å². The number of aromatic nitrogens is 4. The molecule has 1 saturated heterocycles. The van der Waals surface area contributed by atoms with E-state index in [0.29, 0.717) is 11.6 Å². The summed E-state index contributed by atoms with van der Waals surface area (Å²) in [7, 11) is -3.21. The van der Waals surface area contributed by atoms with Crippen LogP contribution in [0.1, 0.15) is 18.9 Å². The first-order valence-corrected chi connectivity index (χ1v) is 10.2. The number of ether oxygens (including phenoxy) is 1. The first-order valence-electron chi connectivity index (χ1n) is 8.36. The van der Waals surface area contributed by atoms with Gasteiger partial charge in [-0.05, 0) is 37.1 Å². The molecular weight excluding hydrogens is 354 g/mol. The molecule has 4 rings (SSSR count). The molecule has 0 unspecified atom stereocenters. The summed E-state index contributed by atoms with van der Waals surface area (Å²) in [5.41, 5.74) is 1.50. The Kier molecular flexibility index (Phi) is 4.33. The zero-order valence-electron chi connectivity index (χ0n) is 14.3. The zero-order valence-corrected chi connectivity index (χ0v) is 15.1. The number of rotatable bonds is 4. The summed E-state index contributed by atoms with van der Waals surface area (Å²) in [5.74, 6) is 0.443. The van der Waals surface area contributed by atoms with Crippen LogP contribution in [0.3, 0.4) is 0 Å². The summed E-state index contributed by atoms with van der Waals surface area (Å²) in [5, 5.41) is 8.47. The first kappa shape index (κ1) is 16.9. The number of hydrogen-bond acceptors (Lipinski definition) is 7. The highest BCUT2D eigenvalue weighted by Crippen LogP contribution is 2.25. The van der Waals surface area contributed by atoms with Crippen LogP contribution in [-0.2, 0) is 14.6 Å². The molecule has 1 aliphatic rings. The fourth-order valence-corrected chi connectivity index (χ4v) is 3.64. The molecule has 1 N–H and O–H groups in total. The largest absolute Gasteiger partial charge is 0.381 e. The van der Waals surface area contributed by atoms with Crippen LogP contribution in [0.4, 0.5) is 11.6 Å². The number of nitrogens with one attached hydrogen (secondary N) is 1. The highest BCUT2D eigenvalue weighted by molar-refractivity contribution is 7.90. The van der Waals surface area contributed by atoms with Crippen LogP contribution in [0.5, 0.6) is 0 Å². The van der Waals surface area contributed by atoms with Gasteiger partial charge in [-0.3, -0.25) is 0 Å². The molecule has 0 atom stereocenters. The molecule has 1 aromatic carbocycles. The minimum Gasteiger partial charge on any atom is -0.381 e. The van der Waals surface area contributed by atoms with Crippen molar-refractivity contribution in [1.82, 2.24) is 19.7 Å². The van der Waals surface area contributed by atoms with E-state index in [4.69, 9.17) is 4.74 Å². The fraction of sp³-hybridized carbons (Fsp3) is 0.353. The normalized spacial score (nSPS) is 16.0. The molecule has 0 saturated carbocycles. The summed E-state index contributed by atoms with van der Waals surface area (Å²) >= 11 is 0. The van der Waals surface area contributed by atoms with Crippen molar-refractivity contribution < 1.29 is 13.2 Å². The standard InChI is InChI=1S/C17H19N5O3S/c1-26(23,24)15-4-2-13(3-5-15)20-17-18-10-12-11-19-22(16(12)21-17)14-6-8-25-9-7-14/h2-5,10-11,14H,6-9H2,1H3,(H,18,20,21). The molecule has 1 fully saturated rings. The van der Waals surface area contributed by atoms with Crippen LogP contribution < -0.4 is 5.32 Å². The van der Waals surface area contributed by atoms with Gasteiger partial charge >= 0.3 is 0 Å². The van der Waals surface area contributed by atoms with E-state index in [1.807, 2.05) is 4.68 Å². The van der Waals surface area contributed by atoms with E-state index in [2.05, 4.69) is 20.4 Å². The monoisotopic (exact) mass is 373 g/mol. The van der Waals surface area contributed by atoms with Gasteiger partial charge in [-0.25, -0.2) is 18.1 Å². The average Bonchev–Trinajstić information content (AvgIpc) is 3.05. The third kappa shape index (κ3) is 3.40. The molecule has 8 nitrogen and oxygen atoms in total. The smallest absolute Gasteiger partial charge is 0.229 e. The summed E-state index contributed by atoms with van der Waals surface area (Å²) < 4.78 is 30.4. The van der Waals surface area contributed by atoms with Gasteiger partial charge in [-0.15, -0.1) is 0 Å². The van der Waals surface area contributed by atoms with Gasteiger partial charge in [-0.2, -0.15) is 10.1 Å². The molecule has 0 radical (unpaired) electrons. The second-order valence-corrected chi connectivity index (χ2v) is 8.34. The van der Waals surface area contributed by atoms with Gasteiger partial charge < -0.3 is 10.1 Å². The lowest BCUT2D eigenvalue weighted by Gasteiger charge is -2.22. The van der Waals surface area contributed by atoms with E-state index < -0.39 is 9.84 Å². The van der Waals surface area contributed by atoms with E-state index in [1.54, 1.807) is 36.7 Å². The van der Waals surface area contributed by atoms with Crippen LogP contribution in [0, 0.1) is 0 Å². The summed E-state index contributed by atoms with van der Waals surface area (Å²) in [6.07, 6.45) is 6.52. The van der Waals surface area contributed by atoms with Crippen LogP contribution in [0.2, 0.25) is 0 Å². The SMILES string of the molecule is CS(=O)(=O)c1ccc(Nc2ncc3cnn(C4CCOCC4)c3n2)cc1. The van der Waals surface area contributed by atoms with Crippen molar-refractivity contribution in [2.24, 2.45) is 0 Å². The lowest BCUT2D eigenvalue weighted by Crippen LogP contribution is -2.20. The van der Waals surface area contributed by atoms with Gasteiger partial charge in [0.2, 0.25) is 5.95 Å². The number of fused-ring (bicyclic) bond motifs is 1. The van der Waals surface area contributed by atoms with Crippen molar-refractivity contribution >= 4 is 32.5 Å². The molecule has 3 heterocycles. The Bertz CT molecular complexity index is 1020. The van der Waals surface area contributed by atoms with E-state index in [0.717, 1.165) is 37.1 Å². The summed E-state index contributed by atoms with van der Waals surface area (Å²) in [4.78, 5) is 9.18. The molecule has 1 aliphatic heterocycles. The highest BCUT2D eigenvalue weighted by atomic mass is 32.2. The predicted molar refractivity (Wildman–Crippen MR) is 97.2 cm³/mol. The Morgan fingerprint density at radius 2 is 1.88 bits per heavy atom. The number of hydrogen-bond donors (Lipinski definition) is 1. The van der Waals surface area contributed by atoms with Crippen molar-refractivity contribution in [3.63, 3.8) is 0 Å². The molecule has 9 heteroatoms. The molecule has 136 valence electrons. The second-order valence-electron chi connectivity index (χ2n) is 6.33. The molecular formula is C17H19N5O3S. The van der Waals surface area contributed by atoms with Crippen molar-refractivity contribution in [1.29, 1.82) is 0 Å². The Balaban J connectivity index is 1.60. The van der Waals surface area contributed by atoms with E-state index >= 15 is 0 Å². The topological polar surface area (TPSA) is 99.0 Å². The van der Waals surface area contributed by atoms with E-state index in [9.17, 15) is 8.42 Å². The van der Waals surface area contributed by atoms with E-state index in [1.165, 1.54) is 6.26 Å². The Hall–Kier alpha value is -2.52. The Morgan fingerprint density at radius 1 is 1.15 bits per heavy atom. The summed E-state index contributed by atoms with van der Waals surface area (Å²) in [6, 6.07) is 6.78. The lowest BCUT2D eigenvalue weighted by molar-refractivity contribution is 0.0673. The number of nitrogens with zero attached hydrogens (tertiary/aromatic N) is 4. The molecule has 0 amide bonds. The average molecular weight is 373 g/mol. The maximum atomic E-state index is 11.5. The highest BCUT2D eigenvalue weighted by Gasteiger charge is 2.19. The Morgan fingerprint density at radius 3 is 2.58 bits per heavy atom. The number of anilines is 2. The predicted octanol–water partition coefficient (Wildman–Crippen LogP) is 2.32. The first-order chi connectivity index (χ1) is 12.5. The van der Waals surface area contributed by atoms with Gasteiger partial charge in [0.1, 0.15) is 0 Å². The van der Waals surface area contributed by atoms with Crippen LogP contribution in [0.25, 0.3) is 11.0 Å². The molecule has 0 bridgehead atoms. The molecule has 26 heavy (non-hydrogen) atoms. The van der Waals surface area contributed by atoms with Crippen molar-refractivity contribution in [3.8, 4) is 0 Å². The van der Waals surface area contributed by atoms with Crippen LogP contribution in [-0.4, -0.2) is 47.6 Å². The number of sulfone groups is 1. The minimum absolute atomic E-state index is 0.275. The maximum absolute atomic E-state index is 11.5. The third-order valence-corrected chi connectivity index (χ3v) is 5.54. The Labute approximate surface area is 151 Å². The fourth-order valence-electron chi connectivity index (χ4n) is 3.01. The zero-order chi connectivity index (χ0) is 18.1. The van der Waals surface area contributed by atoms with Crippen molar-refractivity contribution in [2.45, 2.75) is 23.8 Å². The van der Waals surface area contributed by atoms with Gasteiger partial charge in [0, 0.05) is 31.4 Å². The quantitative estimate of drug-likeness (QED) is 0.749. The lowest BCUT2D eigenvalue weighted by atomic mass is 10.1. The van der Waals surface area contributed by atoms with Gasteiger partial charge in [0.25, 0.3) is 0 Å². The third-order valence-electron chi connectivity index (χ3n) is 4.41. The van der Waals surface area contributed by atoms with Crippen molar-refractivity contribution in [3.05, 3.63) is 36.7 Å². The van der Waals surface area contributed by atoms with Crippen LogP contribution >= 0.6 is 0 Å². The van der Waals surface area contributed by atoms with Gasteiger partial charge in [0.15, 0.2) is 15.5 Å². The second kappa shape index (κ2) is 6.65. The van der Waals surface area contributed by atoms with Crippen LogP contribution in [0.15, 0.2) is 41.6 Å².